The summed E-state index contributed by atoms with van der Waals surface area (Å²) >= 11 is 0. The average Bonchev–Trinajstić information content (AvgIpc) is 3.02. The topological polar surface area (TPSA) is 84.2 Å². The number of para-hydroxylation sites is 1. The van der Waals surface area contributed by atoms with Gasteiger partial charge in [-0.05, 0) is 18.2 Å². The molecule has 0 aliphatic rings. The number of benzene rings is 1. The monoisotopic (exact) mass is 322 g/mol. The summed E-state index contributed by atoms with van der Waals surface area (Å²) in [6, 6.07) is 6.76. The molecule has 24 heavy (non-hydrogen) atoms. The van der Waals surface area contributed by atoms with Crippen molar-refractivity contribution in [2.75, 3.05) is 5.43 Å². The third kappa shape index (κ3) is 2.30. The molecule has 0 unspecified atom stereocenters. The number of hydrogen-bond acceptors (Lipinski definition) is 5. The van der Waals surface area contributed by atoms with E-state index in [2.05, 4.69) is 25.8 Å². The molecule has 2 N–H and O–H groups in total. The standard InChI is InChI=1S/C16H11FN6O/c17-10-4-7-23-13-3-1-2-11(15(13)20-9-14(10)23)21-22-16(24)12-8-18-5-6-19-12/h1-9,21H,(H,22,24). The lowest BCUT2D eigenvalue weighted by Gasteiger charge is -2.11. The Hall–Kier alpha value is -3.55. The van der Waals surface area contributed by atoms with Crippen molar-refractivity contribution in [2.45, 2.75) is 0 Å². The lowest BCUT2D eigenvalue weighted by atomic mass is 10.2. The van der Waals surface area contributed by atoms with E-state index < -0.39 is 5.91 Å². The summed E-state index contributed by atoms with van der Waals surface area (Å²) in [4.78, 5) is 24.1. The molecule has 118 valence electrons. The van der Waals surface area contributed by atoms with Crippen LogP contribution in [0.3, 0.4) is 0 Å². The predicted molar refractivity (Wildman–Crippen MR) is 85.8 cm³/mol. The third-order valence-corrected chi connectivity index (χ3v) is 3.57. The maximum absolute atomic E-state index is 13.7. The molecular weight excluding hydrogens is 311 g/mol. The number of rotatable bonds is 3. The van der Waals surface area contributed by atoms with E-state index >= 15 is 0 Å². The van der Waals surface area contributed by atoms with Crippen LogP contribution in [0, 0.1) is 5.82 Å². The second kappa shape index (κ2) is 5.58. The van der Waals surface area contributed by atoms with Crippen molar-refractivity contribution in [3.63, 3.8) is 0 Å². The van der Waals surface area contributed by atoms with Crippen LogP contribution < -0.4 is 10.9 Å². The van der Waals surface area contributed by atoms with E-state index in [0.717, 1.165) is 5.52 Å². The quantitative estimate of drug-likeness (QED) is 0.565. The van der Waals surface area contributed by atoms with E-state index in [1.54, 1.807) is 22.7 Å². The van der Waals surface area contributed by atoms with E-state index in [9.17, 15) is 9.18 Å². The molecule has 4 rings (SSSR count). The molecule has 4 aromatic rings. The lowest BCUT2D eigenvalue weighted by Crippen LogP contribution is -2.30. The molecule has 0 radical (unpaired) electrons. The normalized spacial score (nSPS) is 10.9. The van der Waals surface area contributed by atoms with Gasteiger partial charge in [-0.2, -0.15) is 0 Å². The number of halogens is 1. The first-order chi connectivity index (χ1) is 11.7. The third-order valence-electron chi connectivity index (χ3n) is 3.57. The predicted octanol–water partition coefficient (Wildman–Crippen LogP) is 2.17. The van der Waals surface area contributed by atoms with E-state index in [1.807, 2.05) is 6.07 Å². The average molecular weight is 322 g/mol. The Balaban J connectivity index is 1.67. The summed E-state index contributed by atoms with van der Waals surface area (Å²) in [6.45, 7) is 0. The van der Waals surface area contributed by atoms with Gasteiger partial charge in [0.15, 0.2) is 0 Å². The Morgan fingerprint density at radius 1 is 1.08 bits per heavy atom. The highest BCUT2D eigenvalue weighted by Gasteiger charge is 2.10. The number of anilines is 1. The van der Waals surface area contributed by atoms with Crippen LogP contribution in [0.25, 0.3) is 16.6 Å². The molecule has 0 aliphatic heterocycles. The van der Waals surface area contributed by atoms with Gasteiger partial charge < -0.3 is 4.40 Å². The fourth-order valence-corrected chi connectivity index (χ4v) is 2.45. The fourth-order valence-electron chi connectivity index (χ4n) is 2.45. The highest BCUT2D eigenvalue weighted by Crippen LogP contribution is 2.23. The molecular formula is C16H11FN6O. The van der Waals surface area contributed by atoms with Gasteiger partial charge in [-0.15, -0.1) is 0 Å². The molecule has 1 aromatic carbocycles. The molecule has 0 atom stereocenters. The number of aromatic nitrogens is 4. The number of nitrogens with zero attached hydrogens (tertiary/aromatic N) is 4. The molecule has 0 bridgehead atoms. The minimum Gasteiger partial charge on any atom is -0.311 e. The summed E-state index contributed by atoms with van der Waals surface area (Å²) in [5, 5.41) is 0. The van der Waals surface area contributed by atoms with Gasteiger partial charge >= 0.3 is 0 Å². The minimum absolute atomic E-state index is 0.188. The molecule has 0 aliphatic carbocycles. The highest BCUT2D eigenvalue weighted by molar-refractivity contribution is 5.95. The highest BCUT2D eigenvalue weighted by atomic mass is 19.1. The zero-order chi connectivity index (χ0) is 16.5. The zero-order valence-electron chi connectivity index (χ0n) is 12.3. The van der Waals surface area contributed by atoms with Crippen LogP contribution in [0.4, 0.5) is 10.1 Å². The van der Waals surface area contributed by atoms with Crippen molar-refractivity contribution in [3.05, 3.63) is 66.8 Å². The van der Waals surface area contributed by atoms with Crippen molar-refractivity contribution in [1.82, 2.24) is 24.8 Å². The first-order valence-electron chi connectivity index (χ1n) is 7.11. The minimum atomic E-state index is -0.423. The Morgan fingerprint density at radius 2 is 2.00 bits per heavy atom. The van der Waals surface area contributed by atoms with Crippen molar-refractivity contribution in [1.29, 1.82) is 0 Å². The van der Waals surface area contributed by atoms with Crippen LogP contribution in [-0.2, 0) is 0 Å². The van der Waals surface area contributed by atoms with Crippen LogP contribution in [-0.4, -0.2) is 25.3 Å². The lowest BCUT2D eigenvalue weighted by molar-refractivity contribution is 0.0957. The number of carbonyl (C=O) groups is 1. The van der Waals surface area contributed by atoms with Gasteiger partial charge in [0.25, 0.3) is 5.91 Å². The number of carbonyl (C=O) groups excluding carboxylic acids is 1. The smallest absolute Gasteiger partial charge is 0.289 e. The molecule has 0 saturated carbocycles. The van der Waals surface area contributed by atoms with Gasteiger partial charge in [0.1, 0.15) is 22.5 Å². The van der Waals surface area contributed by atoms with Crippen LogP contribution in [0.5, 0.6) is 0 Å². The molecule has 8 heteroatoms. The number of hydrogen-bond donors (Lipinski definition) is 2. The molecule has 3 aromatic heterocycles. The van der Waals surface area contributed by atoms with Gasteiger partial charge in [0, 0.05) is 18.6 Å². The summed E-state index contributed by atoms with van der Waals surface area (Å²) in [6.07, 6.45) is 7.38. The van der Waals surface area contributed by atoms with E-state index in [-0.39, 0.29) is 11.5 Å². The second-order valence-electron chi connectivity index (χ2n) is 5.02. The van der Waals surface area contributed by atoms with Gasteiger partial charge in [0.2, 0.25) is 0 Å². The fraction of sp³-hybridized carbons (Fsp3) is 0. The van der Waals surface area contributed by atoms with E-state index in [0.29, 0.717) is 16.7 Å². The second-order valence-corrected chi connectivity index (χ2v) is 5.02. The van der Waals surface area contributed by atoms with Gasteiger partial charge in [-0.25, -0.2) is 9.37 Å². The summed E-state index contributed by atoms with van der Waals surface area (Å²) < 4.78 is 15.4. The SMILES string of the molecule is O=C(NNc1cccc2c1ncc1c(F)ccn12)c1cnccn1. The summed E-state index contributed by atoms with van der Waals surface area (Å²) in [5.41, 5.74) is 7.85. The summed E-state index contributed by atoms with van der Waals surface area (Å²) in [7, 11) is 0. The van der Waals surface area contributed by atoms with E-state index in [1.165, 1.54) is 30.9 Å². The molecule has 0 fully saturated rings. The van der Waals surface area contributed by atoms with Gasteiger partial charge in [-0.3, -0.25) is 25.6 Å². The van der Waals surface area contributed by atoms with Crippen molar-refractivity contribution in [3.8, 4) is 0 Å². The van der Waals surface area contributed by atoms with Crippen molar-refractivity contribution in [2.24, 2.45) is 0 Å². The first kappa shape index (κ1) is 14.1. The first-order valence-corrected chi connectivity index (χ1v) is 7.11. The van der Waals surface area contributed by atoms with Gasteiger partial charge in [0.05, 0.1) is 23.6 Å². The number of amides is 1. The Bertz CT molecular complexity index is 1050. The van der Waals surface area contributed by atoms with Crippen molar-refractivity contribution >= 4 is 28.1 Å². The van der Waals surface area contributed by atoms with Crippen LogP contribution in [0.15, 0.2) is 55.2 Å². The Kier molecular flexibility index (Phi) is 3.27. The number of nitrogens with one attached hydrogen (secondary N) is 2. The molecule has 1 amide bonds. The van der Waals surface area contributed by atoms with E-state index in [4.69, 9.17) is 0 Å². The van der Waals surface area contributed by atoms with Gasteiger partial charge in [-0.1, -0.05) is 6.07 Å². The Labute approximate surface area is 135 Å². The molecule has 7 nitrogen and oxygen atoms in total. The van der Waals surface area contributed by atoms with Crippen molar-refractivity contribution < 1.29 is 9.18 Å². The van der Waals surface area contributed by atoms with Crippen LogP contribution >= 0.6 is 0 Å². The maximum Gasteiger partial charge on any atom is 0.289 e. The largest absolute Gasteiger partial charge is 0.311 e. The summed E-state index contributed by atoms with van der Waals surface area (Å²) in [5.74, 6) is -0.757. The maximum atomic E-state index is 13.7. The van der Waals surface area contributed by atoms with Crippen LogP contribution in [0.1, 0.15) is 10.5 Å². The zero-order valence-corrected chi connectivity index (χ0v) is 12.3. The molecule has 0 spiro atoms. The number of hydrazine groups is 1. The molecule has 3 heterocycles. The number of fused-ring (bicyclic) bond motifs is 3. The molecule has 0 saturated heterocycles. The Morgan fingerprint density at radius 3 is 2.83 bits per heavy atom. The van der Waals surface area contributed by atoms with Crippen LogP contribution in [0.2, 0.25) is 0 Å².